The fraction of sp³-hybridized carbons (Fsp3) is 0.455. The third-order valence-corrected chi connectivity index (χ3v) is 3.21. The highest BCUT2D eigenvalue weighted by Crippen LogP contribution is 2.41. The van der Waals surface area contributed by atoms with Crippen molar-refractivity contribution in [2.45, 2.75) is 12.8 Å². The first-order chi connectivity index (χ1) is 7.27. The maximum Gasteiger partial charge on any atom is 0.137 e. The van der Waals surface area contributed by atoms with Gasteiger partial charge in [0.25, 0.3) is 0 Å². The number of hydrogen-bond donors (Lipinski definition) is 1. The summed E-state index contributed by atoms with van der Waals surface area (Å²) in [5.74, 6) is 1.86. The number of benzene rings is 1. The molecule has 0 saturated heterocycles. The zero-order valence-corrected chi connectivity index (χ0v) is 10.3. The monoisotopic (exact) mass is 271 g/mol. The Labute approximate surface area is 97.7 Å². The fourth-order valence-electron chi connectivity index (χ4n) is 1.97. The molecule has 0 aliphatic carbocycles. The lowest BCUT2D eigenvalue weighted by Gasteiger charge is -2.13. The lowest BCUT2D eigenvalue weighted by atomic mass is 10.0. The first kappa shape index (κ1) is 10.8. The van der Waals surface area contributed by atoms with E-state index in [4.69, 9.17) is 15.2 Å². The molecule has 0 bridgehead atoms. The summed E-state index contributed by atoms with van der Waals surface area (Å²) in [4.78, 5) is 0. The lowest BCUT2D eigenvalue weighted by molar-refractivity contribution is 0.354. The zero-order valence-electron chi connectivity index (χ0n) is 8.68. The van der Waals surface area contributed by atoms with Gasteiger partial charge in [0.2, 0.25) is 0 Å². The van der Waals surface area contributed by atoms with E-state index >= 15 is 0 Å². The van der Waals surface area contributed by atoms with Gasteiger partial charge in [0.1, 0.15) is 11.5 Å². The van der Waals surface area contributed by atoms with Crippen molar-refractivity contribution in [3.8, 4) is 11.5 Å². The van der Waals surface area contributed by atoms with Crippen LogP contribution in [0.25, 0.3) is 0 Å². The number of halogens is 1. The molecular weight excluding hydrogens is 258 g/mol. The average molecular weight is 272 g/mol. The van der Waals surface area contributed by atoms with E-state index in [1.165, 1.54) is 11.1 Å². The van der Waals surface area contributed by atoms with Gasteiger partial charge in [-0.3, -0.25) is 0 Å². The van der Waals surface area contributed by atoms with Gasteiger partial charge in [0, 0.05) is 17.5 Å². The first-order valence-electron chi connectivity index (χ1n) is 4.99. The molecule has 15 heavy (non-hydrogen) atoms. The first-order valence-corrected chi connectivity index (χ1v) is 5.78. The Kier molecular flexibility index (Phi) is 3.17. The number of nitrogens with two attached hydrogens (primary N) is 1. The highest BCUT2D eigenvalue weighted by atomic mass is 79.9. The van der Waals surface area contributed by atoms with E-state index < -0.39 is 0 Å². The normalized spacial score (nSPS) is 13.5. The Morgan fingerprint density at radius 3 is 3.07 bits per heavy atom. The van der Waals surface area contributed by atoms with Crippen LogP contribution in [0, 0.1) is 0 Å². The molecule has 0 atom stereocenters. The molecule has 0 unspecified atom stereocenters. The van der Waals surface area contributed by atoms with Crippen molar-refractivity contribution in [1.82, 2.24) is 0 Å². The van der Waals surface area contributed by atoms with Gasteiger partial charge in [-0.2, -0.15) is 0 Å². The van der Waals surface area contributed by atoms with E-state index in [0.29, 0.717) is 6.54 Å². The van der Waals surface area contributed by atoms with Gasteiger partial charge in [-0.15, -0.1) is 0 Å². The predicted molar refractivity (Wildman–Crippen MR) is 62.7 cm³/mol. The number of rotatable bonds is 3. The number of hydrogen-bond acceptors (Lipinski definition) is 3. The minimum Gasteiger partial charge on any atom is -0.496 e. The van der Waals surface area contributed by atoms with Gasteiger partial charge in [-0.1, -0.05) is 0 Å². The smallest absolute Gasteiger partial charge is 0.137 e. The summed E-state index contributed by atoms with van der Waals surface area (Å²) in [7, 11) is 1.68. The Bertz CT molecular complexity index is 379. The van der Waals surface area contributed by atoms with Crippen LogP contribution < -0.4 is 15.2 Å². The minimum absolute atomic E-state index is 0.629. The Morgan fingerprint density at radius 1 is 1.60 bits per heavy atom. The molecular formula is C11H14BrNO2. The van der Waals surface area contributed by atoms with Gasteiger partial charge >= 0.3 is 0 Å². The van der Waals surface area contributed by atoms with Crippen molar-refractivity contribution >= 4 is 15.9 Å². The number of fused-ring (bicyclic) bond motifs is 1. The largest absolute Gasteiger partial charge is 0.496 e. The molecule has 4 heteroatoms. The summed E-state index contributed by atoms with van der Waals surface area (Å²) in [5.41, 5.74) is 8.04. The molecule has 0 fully saturated rings. The predicted octanol–water partition coefficient (Wildman–Crippen LogP) is 1.89. The average Bonchev–Trinajstić information content (AvgIpc) is 2.71. The summed E-state index contributed by atoms with van der Waals surface area (Å²) in [6.07, 6.45) is 1.78. The van der Waals surface area contributed by atoms with Crippen LogP contribution in [-0.2, 0) is 12.8 Å². The maximum absolute atomic E-state index is 5.61. The van der Waals surface area contributed by atoms with Crippen molar-refractivity contribution in [1.29, 1.82) is 0 Å². The van der Waals surface area contributed by atoms with Crippen LogP contribution in [0.4, 0.5) is 0 Å². The SMILES string of the molecule is COc1cc(Br)c2c(c1CCN)CCO2. The van der Waals surface area contributed by atoms with E-state index in [1.807, 2.05) is 6.07 Å². The van der Waals surface area contributed by atoms with Crippen molar-refractivity contribution < 1.29 is 9.47 Å². The molecule has 1 aliphatic rings. The quantitative estimate of drug-likeness (QED) is 0.913. The zero-order chi connectivity index (χ0) is 10.8. The van der Waals surface area contributed by atoms with Crippen LogP contribution in [-0.4, -0.2) is 20.3 Å². The fourth-order valence-corrected chi connectivity index (χ4v) is 2.54. The van der Waals surface area contributed by atoms with E-state index in [-0.39, 0.29) is 0 Å². The molecule has 1 aromatic rings. The molecule has 1 heterocycles. The summed E-state index contributed by atoms with van der Waals surface area (Å²) in [6, 6.07) is 1.95. The van der Waals surface area contributed by atoms with E-state index in [0.717, 1.165) is 35.4 Å². The van der Waals surface area contributed by atoms with Gasteiger partial charge < -0.3 is 15.2 Å². The van der Waals surface area contributed by atoms with Crippen LogP contribution in [0.2, 0.25) is 0 Å². The van der Waals surface area contributed by atoms with Crippen molar-refractivity contribution in [3.63, 3.8) is 0 Å². The van der Waals surface area contributed by atoms with Gasteiger partial charge in [0.05, 0.1) is 18.2 Å². The third kappa shape index (κ3) is 1.84. The Hall–Kier alpha value is -0.740. The van der Waals surface area contributed by atoms with E-state index in [2.05, 4.69) is 15.9 Å². The second-order valence-electron chi connectivity index (χ2n) is 3.48. The van der Waals surface area contributed by atoms with E-state index in [1.54, 1.807) is 7.11 Å². The summed E-state index contributed by atoms with van der Waals surface area (Å²) < 4.78 is 11.9. The minimum atomic E-state index is 0.629. The van der Waals surface area contributed by atoms with Crippen LogP contribution >= 0.6 is 15.9 Å². The standard InChI is InChI=1S/C11H14BrNO2/c1-14-10-6-9(12)11-8(3-5-15-11)7(10)2-4-13/h6H,2-5,13H2,1H3. The maximum atomic E-state index is 5.61. The van der Waals surface area contributed by atoms with Crippen LogP contribution in [0.3, 0.4) is 0 Å². The molecule has 2 N–H and O–H groups in total. The summed E-state index contributed by atoms with van der Waals surface area (Å²) in [5, 5.41) is 0. The second kappa shape index (κ2) is 4.41. The van der Waals surface area contributed by atoms with Crippen LogP contribution in [0.15, 0.2) is 10.5 Å². The van der Waals surface area contributed by atoms with Gasteiger partial charge in [-0.05, 0) is 35.0 Å². The van der Waals surface area contributed by atoms with Crippen molar-refractivity contribution in [3.05, 3.63) is 21.7 Å². The molecule has 0 spiro atoms. The molecule has 1 aliphatic heterocycles. The lowest BCUT2D eigenvalue weighted by Crippen LogP contribution is -2.06. The number of methoxy groups -OCH3 is 1. The summed E-state index contributed by atoms with van der Waals surface area (Å²) >= 11 is 3.49. The molecule has 0 radical (unpaired) electrons. The Morgan fingerprint density at radius 2 is 2.40 bits per heavy atom. The topological polar surface area (TPSA) is 44.5 Å². The van der Waals surface area contributed by atoms with Gasteiger partial charge in [-0.25, -0.2) is 0 Å². The molecule has 2 rings (SSSR count). The number of ether oxygens (including phenoxy) is 2. The molecule has 0 amide bonds. The second-order valence-corrected chi connectivity index (χ2v) is 4.34. The molecule has 1 aromatic carbocycles. The van der Waals surface area contributed by atoms with Crippen LogP contribution in [0.5, 0.6) is 11.5 Å². The molecule has 3 nitrogen and oxygen atoms in total. The highest BCUT2D eigenvalue weighted by Gasteiger charge is 2.22. The molecule has 82 valence electrons. The molecule has 0 aromatic heterocycles. The van der Waals surface area contributed by atoms with Crippen molar-refractivity contribution in [2.24, 2.45) is 5.73 Å². The highest BCUT2D eigenvalue weighted by molar-refractivity contribution is 9.10. The van der Waals surface area contributed by atoms with E-state index in [9.17, 15) is 0 Å². The van der Waals surface area contributed by atoms with Crippen molar-refractivity contribution in [2.75, 3.05) is 20.3 Å². The Balaban J connectivity index is 2.54. The summed E-state index contributed by atoms with van der Waals surface area (Å²) in [6.45, 7) is 1.38. The van der Waals surface area contributed by atoms with Gasteiger partial charge in [0.15, 0.2) is 0 Å². The van der Waals surface area contributed by atoms with Crippen LogP contribution in [0.1, 0.15) is 11.1 Å². The molecule has 0 saturated carbocycles. The third-order valence-electron chi connectivity index (χ3n) is 2.62.